The van der Waals surface area contributed by atoms with E-state index >= 15 is 0 Å². The molecule has 94 valence electrons. The molecule has 1 aliphatic heterocycles. The number of benzene rings is 1. The van der Waals surface area contributed by atoms with E-state index in [4.69, 9.17) is 0 Å². The molecule has 5 heteroatoms. The second kappa shape index (κ2) is 4.64. The van der Waals surface area contributed by atoms with Crippen molar-refractivity contribution in [3.05, 3.63) is 35.1 Å². The number of rotatable bonds is 1. The fraction of sp³-hybridized carbons (Fsp3) is 0.500. The molecule has 0 bridgehead atoms. The molecule has 0 spiro atoms. The van der Waals surface area contributed by atoms with Gasteiger partial charge in [-0.1, -0.05) is 0 Å². The van der Waals surface area contributed by atoms with Crippen molar-refractivity contribution < 1.29 is 17.6 Å². The zero-order valence-corrected chi connectivity index (χ0v) is 9.15. The highest BCUT2D eigenvalue weighted by Crippen LogP contribution is 2.34. The molecule has 1 heterocycles. The molecule has 0 aliphatic carbocycles. The summed E-state index contributed by atoms with van der Waals surface area (Å²) in [5.41, 5.74) is -0.575. The van der Waals surface area contributed by atoms with Crippen LogP contribution in [0, 0.1) is 5.82 Å². The van der Waals surface area contributed by atoms with Gasteiger partial charge in [-0.3, -0.25) is 0 Å². The fourth-order valence-electron chi connectivity index (χ4n) is 2.17. The predicted octanol–water partition coefficient (Wildman–Crippen LogP) is 3.31. The molecule has 0 saturated carbocycles. The van der Waals surface area contributed by atoms with E-state index in [1.165, 1.54) is 0 Å². The zero-order valence-electron chi connectivity index (χ0n) is 9.15. The smallest absolute Gasteiger partial charge is 0.317 e. The second-order valence-electron chi connectivity index (χ2n) is 4.26. The quantitative estimate of drug-likeness (QED) is 0.751. The standard InChI is InChI=1S/C12H13F4N/c13-11-2-1-9(12(14,15)16)7-10(11)8-3-5-17-6-4-8/h1-2,7-8,17H,3-6H2. The third-order valence-electron chi connectivity index (χ3n) is 3.10. The van der Waals surface area contributed by atoms with Gasteiger partial charge < -0.3 is 5.32 Å². The molecule has 1 aliphatic rings. The number of hydrogen-bond acceptors (Lipinski definition) is 1. The van der Waals surface area contributed by atoms with E-state index in [9.17, 15) is 17.6 Å². The van der Waals surface area contributed by atoms with Crippen molar-refractivity contribution in [1.82, 2.24) is 5.32 Å². The van der Waals surface area contributed by atoms with Gasteiger partial charge in [-0.15, -0.1) is 0 Å². The Kier molecular flexibility index (Phi) is 3.38. The molecule has 1 aromatic rings. The van der Waals surface area contributed by atoms with Gasteiger partial charge in [-0.05, 0) is 55.6 Å². The van der Waals surface area contributed by atoms with Crippen LogP contribution in [0.3, 0.4) is 0 Å². The molecule has 0 aromatic heterocycles. The first-order chi connectivity index (χ1) is 7.98. The predicted molar refractivity (Wildman–Crippen MR) is 56.2 cm³/mol. The Bertz CT molecular complexity index is 394. The van der Waals surface area contributed by atoms with Crippen LogP contribution in [0.2, 0.25) is 0 Å². The van der Waals surface area contributed by atoms with Gasteiger partial charge in [0.15, 0.2) is 0 Å². The van der Waals surface area contributed by atoms with Crippen LogP contribution in [0.1, 0.15) is 29.9 Å². The van der Waals surface area contributed by atoms with Crippen LogP contribution in [0.4, 0.5) is 17.6 Å². The first kappa shape index (κ1) is 12.4. The van der Waals surface area contributed by atoms with E-state index in [0.717, 1.165) is 31.3 Å². The lowest BCUT2D eigenvalue weighted by Crippen LogP contribution is -2.27. The fourth-order valence-corrected chi connectivity index (χ4v) is 2.17. The Morgan fingerprint density at radius 1 is 1.12 bits per heavy atom. The molecule has 17 heavy (non-hydrogen) atoms. The number of piperidine rings is 1. The van der Waals surface area contributed by atoms with Gasteiger partial charge in [0.25, 0.3) is 0 Å². The van der Waals surface area contributed by atoms with Crippen molar-refractivity contribution in [2.24, 2.45) is 0 Å². The summed E-state index contributed by atoms with van der Waals surface area (Å²) in [5, 5.41) is 3.10. The molecule has 1 saturated heterocycles. The first-order valence-electron chi connectivity index (χ1n) is 5.56. The van der Waals surface area contributed by atoms with E-state index in [0.29, 0.717) is 12.8 Å². The molecule has 2 rings (SSSR count). The highest BCUT2D eigenvalue weighted by Gasteiger charge is 2.32. The van der Waals surface area contributed by atoms with Crippen molar-refractivity contribution in [2.45, 2.75) is 24.9 Å². The zero-order chi connectivity index (χ0) is 12.5. The molecule has 1 nitrogen and oxygen atoms in total. The largest absolute Gasteiger partial charge is 0.416 e. The second-order valence-corrected chi connectivity index (χ2v) is 4.26. The maximum atomic E-state index is 13.6. The number of hydrogen-bond donors (Lipinski definition) is 1. The van der Waals surface area contributed by atoms with Gasteiger partial charge >= 0.3 is 6.18 Å². The molecule has 1 fully saturated rings. The molecular formula is C12H13F4N. The van der Waals surface area contributed by atoms with Crippen molar-refractivity contribution in [2.75, 3.05) is 13.1 Å². The van der Waals surface area contributed by atoms with Crippen molar-refractivity contribution in [1.29, 1.82) is 0 Å². The van der Waals surface area contributed by atoms with Crippen molar-refractivity contribution in [3.63, 3.8) is 0 Å². The summed E-state index contributed by atoms with van der Waals surface area (Å²) in [6, 6.07) is 2.66. The Balaban J connectivity index is 2.31. The monoisotopic (exact) mass is 247 g/mol. The average Bonchev–Trinajstić information content (AvgIpc) is 2.29. The first-order valence-corrected chi connectivity index (χ1v) is 5.56. The van der Waals surface area contributed by atoms with Crippen LogP contribution in [-0.2, 0) is 6.18 Å². The Hall–Kier alpha value is -1.10. The Labute approximate surface area is 96.8 Å². The van der Waals surface area contributed by atoms with Crippen LogP contribution >= 0.6 is 0 Å². The molecule has 0 unspecified atom stereocenters. The number of nitrogens with one attached hydrogen (secondary N) is 1. The minimum atomic E-state index is -4.41. The van der Waals surface area contributed by atoms with E-state index in [2.05, 4.69) is 5.32 Å². The van der Waals surface area contributed by atoms with Gasteiger partial charge in [-0.25, -0.2) is 4.39 Å². The minimum Gasteiger partial charge on any atom is -0.317 e. The lowest BCUT2D eigenvalue weighted by Gasteiger charge is -2.24. The average molecular weight is 247 g/mol. The Morgan fingerprint density at radius 2 is 1.76 bits per heavy atom. The number of alkyl halides is 3. The third-order valence-corrected chi connectivity index (χ3v) is 3.10. The highest BCUT2D eigenvalue weighted by atomic mass is 19.4. The summed E-state index contributed by atoms with van der Waals surface area (Å²) in [7, 11) is 0. The lowest BCUT2D eigenvalue weighted by atomic mass is 9.89. The highest BCUT2D eigenvalue weighted by molar-refractivity contribution is 5.30. The summed E-state index contributed by atoms with van der Waals surface area (Å²) >= 11 is 0. The maximum Gasteiger partial charge on any atom is 0.416 e. The molecule has 0 atom stereocenters. The normalized spacial score (nSPS) is 18.4. The van der Waals surface area contributed by atoms with Crippen LogP contribution in [0.25, 0.3) is 0 Å². The Morgan fingerprint density at radius 3 is 2.35 bits per heavy atom. The topological polar surface area (TPSA) is 12.0 Å². The van der Waals surface area contributed by atoms with Crippen LogP contribution in [0.15, 0.2) is 18.2 Å². The van der Waals surface area contributed by atoms with Gasteiger partial charge in [0.1, 0.15) is 5.82 Å². The van der Waals surface area contributed by atoms with E-state index in [1.807, 2.05) is 0 Å². The lowest BCUT2D eigenvalue weighted by molar-refractivity contribution is -0.137. The number of halogens is 4. The SMILES string of the molecule is Fc1ccc(C(F)(F)F)cc1C1CCNCC1. The summed E-state index contributed by atoms with van der Waals surface area (Å²) in [6.45, 7) is 1.45. The van der Waals surface area contributed by atoms with Crippen molar-refractivity contribution in [3.8, 4) is 0 Å². The molecule has 1 aromatic carbocycles. The summed E-state index contributed by atoms with van der Waals surface area (Å²) in [5.74, 6) is -0.650. The molecule has 0 radical (unpaired) electrons. The van der Waals surface area contributed by atoms with Gasteiger partial charge in [0.05, 0.1) is 5.56 Å². The van der Waals surface area contributed by atoms with Crippen LogP contribution < -0.4 is 5.32 Å². The van der Waals surface area contributed by atoms with E-state index in [-0.39, 0.29) is 11.5 Å². The summed E-state index contributed by atoms with van der Waals surface area (Å²) in [4.78, 5) is 0. The van der Waals surface area contributed by atoms with Crippen molar-refractivity contribution >= 4 is 0 Å². The van der Waals surface area contributed by atoms with Gasteiger partial charge in [-0.2, -0.15) is 13.2 Å². The van der Waals surface area contributed by atoms with Gasteiger partial charge in [0, 0.05) is 0 Å². The van der Waals surface area contributed by atoms with E-state index in [1.54, 1.807) is 0 Å². The summed E-state index contributed by atoms with van der Waals surface area (Å²) in [6.07, 6.45) is -3.05. The van der Waals surface area contributed by atoms with Crippen LogP contribution in [-0.4, -0.2) is 13.1 Å². The third kappa shape index (κ3) is 2.77. The van der Waals surface area contributed by atoms with Crippen LogP contribution in [0.5, 0.6) is 0 Å². The molecule has 0 amide bonds. The summed E-state index contributed by atoms with van der Waals surface area (Å²) < 4.78 is 51.2. The van der Waals surface area contributed by atoms with Gasteiger partial charge in [0.2, 0.25) is 0 Å². The maximum absolute atomic E-state index is 13.6. The van der Waals surface area contributed by atoms with E-state index < -0.39 is 17.6 Å². The minimum absolute atomic E-state index is 0.112. The molecular weight excluding hydrogens is 234 g/mol. The molecule has 1 N–H and O–H groups in total.